The van der Waals surface area contributed by atoms with Crippen molar-refractivity contribution in [3.8, 4) is 0 Å². The zero-order chi connectivity index (χ0) is 21.3. The van der Waals surface area contributed by atoms with E-state index in [0.29, 0.717) is 19.3 Å². The number of hydrogen-bond acceptors (Lipinski definition) is 4. The average Bonchev–Trinajstić information content (AvgIpc) is 2.73. The summed E-state index contributed by atoms with van der Waals surface area (Å²) in [4.78, 5) is 32.4. The van der Waals surface area contributed by atoms with Gasteiger partial charge in [-0.3, -0.25) is 14.2 Å². The Hall–Kier alpha value is -1.83. The fourth-order valence-electron chi connectivity index (χ4n) is 4.62. The van der Waals surface area contributed by atoms with Crippen molar-refractivity contribution in [3.63, 3.8) is 0 Å². The van der Waals surface area contributed by atoms with Crippen molar-refractivity contribution in [1.82, 2.24) is 14.5 Å². The number of carbonyl (C=O) groups excluding carboxylic acids is 1. The number of likely N-dealkylation sites (tertiary alicyclic amines) is 1. The van der Waals surface area contributed by atoms with Crippen molar-refractivity contribution in [2.24, 2.45) is 5.92 Å². The number of benzene rings is 1. The van der Waals surface area contributed by atoms with Gasteiger partial charge in [-0.25, -0.2) is 13.8 Å². The zero-order valence-electron chi connectivity index (χ0n) is 18.1. The third kappa shape index (κ3) is 5.56. The molecule has 0 amide bonds. The maximum Gasteiger partial charge on any atom is 0.256 e. The smallest absolute Gasteiger partial charge is 0.256 e. The molecule has 5 nitrogen and oxygen atoms in total. The van der Waals surface area contributed by atoms with Crippen LogP contribution in [0.4, 0.5) is 8.78 Å². The topological polar surface area (TPSA) is 55.2 Å². The van der Waals surface area contributed by atoms with Crippen molar-refractivity contribution in [2.75, 3.05) is 19.6 Å². The highest BCUT2D eigenvalue weighted by Gasteiger charge is 2.28. The third-order valence-electron chi connectivity index (χ3n) is 6.41. The summed E-state index contributed by atoms with van der Waals surface area (Å²) in [6.45, 7) is 4.84. The maximum atomic E-state index is 13.9. The van der Waals surface area contributed by atoms with Gasteiger partial charge in [0.25, 0.3) is 5.56 Å². The summed E-state index contributed by atoms with van der Waals surface area (Å²) in [7, 11) is 0. The quantitative estimate of drug-likeness (QED) is 0.594. The molecule has 0 bridgehead atoms. The van der Waals surface area contributed by atoms with Crippen LogP contribution in [0.25, 0.3) is 0 Å². The molecule has 0 aliphatic carbocycles. The molecule has 32 heavy (non-hydrogen) atoms. The molecule has 3 heterocycles. The van der Waals surface area contributed by atoms with Gasteiger partial charge in [0.05, 0.1) is 5.56 Å². The molecule has 0 atom stereocenters. The van der Waals surface area contributed by atoms with Crippen LogP contribution in [0.5, 0.6) is 0 Å². The predicted molar refractivity (Wildman–Crippen MR) is 124 cm³/mol. The standard InChI is InChI=1S/C23H27F2N3O2.2ClH/c1-15-18(23(30)28-10-3-2-4-21(28)26-15)9-13-27-11-7-16(8-12-27)22(29)19-6-5-17(24)14-20(19)25;;/h5-6,14,16H,2-4,7-13H2,1H3;2*1H. The summed E-state index contributed by atoms with van der Waals surface area (Å²) in [5.41, 5.74) is 1.67. The van der Waals surface area contributed by atoms with Crippen LogP contribution in [0, 0.1) is 24.5 Å². The van der Waals surface area contributed by atoms with Crippen LogP contribution in [-0.2, 0) is 19.4 Å². The molecule has 0 spiro atoms. The minimum atomic E-state index is -0.793. The van der Waals surface area contributed by atoms with Crippen molar-refractivity contribution in [2.45, 2.75) is 52.0 Å². The van der Waals surface area contributed by atoms with Gasteiger partial charge in [-0.15, -0.1) is 24.8 Å². The van der Waals surface area contributed by atoms with E-state index < -0.39 is 11.6 Å². The number of piperidine rings is 1. The number of ketones is 1. The van der Waals surface area contributed by atoms with Gasteiger partial charge in [-0.05, 0) is 64.3 Å². The molecular weight excluding hydrogens is 459 g/mol. The van der Waals surface area contributed by atoms with E-state index in [1.165, 1.54) is 6.07 Å². The van der Waals surface area contributed by atoms with Gasteiger partial charge in [-0.1, -0.05) is 0 Å². The Bertz CT molecular complexity index is 1020. The molecule has 1 fully saturated rings. The van der Waals surface area contributed by atoms with E-state index in [9.17, 15) is 18.4 Å². The third-order valence-corrected chi connectivity index (χ3v) is 6.41. The van der Waals surface area contributed by atoms with Gasteiger partial charge < -0.3 is 4.90 Å². The summed E-state index contributed by atoms with van der Waals surface area (Å²) in [6, 6.07) is 3.12. The predicted octanol–water partition coefficient (Wildman–Crippen LogP) is 4.15. The lowest BCUT2D eigenvalue weighted by atomic mass is 9.88. The number of halogens is 4. The molecule has 0 saturated carbocycles. The largest absolute Gasteiger partial charge is 0.303 e. The maximum absolute atomic E-state index is 13.9. The van der Waals surface area contributed by atoms with E-state index in [2.05, 4.69) is 9.88 Å². The van der Waals surface area contributed by atoms with Gasteiger partial charge >= 0.3 is 0 Å². The first-order valence-electron chi connectivity index (χ1n) is 10.7. The first kappa shape index (κ1) is 26.4. The van der Waals surface area contributed by atoms with Crippen LogP contribution >= 0.6 is 24.8 Å². The van der Waals surface area contributed by atoms with Gasteiger partial charge in [0, 0.05) is 42.8 Å². The summed E-state index contributed by atoms with van der Waals surface area (Å²) in [5, 5.41) is 0. The van der Waals surface area contributed by atoms with Gasteiger partial charge in [0.2, 0.25) is 0 Å². The fourth-order valence-corrected chi connectivity index (χ4v) is 4.62. The monoisotopic (exact) mass is 487 g/mol. The van der Waals surface area contributed by atoms with Crippen LogP contribution in [-0.4, -0.2) is 39.9 Å². The highest BCUT2D eigenvalue weighted by Crippen LogP contribution is 2.24. The van der Waals surface area contributed by atoms with Crippen molar-refractivity contribution in [1.29, 1.82) is 0 Å². The molecule has 0 N–H and O–H groups in total. The summed E-state index contributed by atoms with van der Waals surface area (Å²) < 4.78 is 28.8. The SMILES string of the molecule is Cc1nc2n(c(=O)c1CCN1CCC(C(=O)c3ccc(F)cc3F)CC1)CCCC2.Cl.Cl. The van der Waals surface area contributed by atoms with E-state index in [1.807, 2.05) is 11.5 Å². The molecule has 2 aromatic rings. The van der Waals surface area contributed by atoms with E-state index >= 15 is 0 Å². The number of rotatable bonds is 5. The minimum Gasteiger partial charge on any atom is -0.303 e. The fraction of sp³-hybridized carbons (Fsp3) is 0.522. The molecule has 9 heteroatoms. The molecule has 1 saturated heterocycles. The second-order valence-electron chi connectivity index (χ2n) is 8.36. The van der Waals surface area contributed by atoms with Crippen LogP contribution in [0.3, 0.4) is 0 Å². The number of carbonyl (C=O) groups is 1. The van der Waals surface area contributed by atoms with Gasteiger partial charge in [0.1, 0.15) is 17.5 Å². The highest BCUT2D eigenvalue weighted by atomic mass is 35.5. The zero-order valence-corrected chi connectivity index (χ0v) is 19.7. The Kier molecular flexibility index (Phi) is 9.37. The number of aromatic nitrogens is 2. The highest BCUT2D eigenvalue weighted by molar-refractivity contribution is 5.98. The van der Waals surface area contributed by atoms with E-state index in [0.717, 1.165) is 74.7 Å². The number of Topliss-reactive ketones (excluding diaryl/α,β-unsaturated/α-hetero) is 1. The number of nitrogens with zero attached hydrogens (tertiary/aromatic N) is 3. The normalized spacial score (nSPS) is 16.6. The lowest BCUT2D eigenvalue weighted by Crippen LogP contribution is -2.39. The molecule has 0 unspecified atom stereocenters. The first-order valence-corrected chi connectivity index (χ1v) is 10.7. The van der Waals surface area contributed by atoms with Crippen LogP contribution < -0.4 is 5.56 Å². The Morgan fingerprint density at radius 3 is 2.53 bits per heavy atom. The lowest BCUT2D eigenvalue weighted by Gasteiger charge is -2.31. The van der Waals surface area contributed by atoms with Crippen LogP contribution in [0.2, 0.25) is 0 Å². The Labute approximate surface area is 199 Å². The Morgan fingerprint density at radius 2 is 1.84 bits per heavy atom. The second kappa shape index (κ2) is 11.3. The van der Waals surface area contributed by atoms with Crippen LogP contribution in [0.15, 0.2) is 23.0 Å². The summed E-state index contributed by atoms with van der Waals surface area (Å²) >= 11 is 0. The average molecular weight is 488 g/mol. The minimum absolute atomic E-state index is 0. The Balaban J connectivity index is 0.00000181. The molecule has 176 valence electrons. The van der Waals surface area contributed by atoms with E-state index in [1.54, 1.807) is 0 Å². The van der Waals surface area contributed by atoms with E-state index in [-0.39, 0.29) is 47.6 Å². The van der Waals surface area contributed by atoms with Crippen molar-refractivity contribution in [3.05, 3.63) is 62.8 Å². The Morgan fingerprint density at radius 1 is 1.12 bits per heavy atom. The van der Waals surface area contributed by atoms with Gasteiger partial charge in [-0.2, -0.15) is 0 Å². The molecule has 0 radical (unpaired) electrons. The summed E-state index contributed by atoms with van der Waals surface area (Å²) in [5.74, 6) is -1.07. The second-order valence-corrected chi connectivity index (χ2v) is 8.36. The molecular formula is C23H29Cl2F2N3O2. The summed E-state index contributed by atoms with van der Waals surface area (Å²) in [6.07, 6.45) is 4.88. The van der Waals surface area contributed by atoms with Crippen LogP contribution in [0.1, 0.15) is 53.1 Å². The van der Waals surface area contributed by atoms with Gasteiger partial charge in [0.15, 0.2) is 5.78 Å². The molecule has 2 aliphatic heterocycles. The lowest BCUT2D eigenvalue weighted by molar-refractivity contribution is 0.0836. The van der Waals surface area contributed by atoms with Crippen molar-refractivity contribution < 1.29 is 13.6 Å². The molecule has 4 rings (SSSR count). The number of hydrogen-bond donors (Lipinski definition) is 0. The van der Waals surface area contributed by atoms with Crippen molar-refractivity contribution >= 4 is 30.6 Å². The van der Waals surface area contributed by atoms with E-state index in [4.69, 9.17) is 0 Å². The molecule has 1 aromatic carbocycles. The molecule has 1 aromatic heterocycles. The number of fused-ring (bicyclic) bond motifs is 1. The first-order chi connectivity index (χ1) is 14.4. The molecule has 2 aliphatic rings. The number of aryl methyl sites for hydroxylation is 2.